The van der Waals surface area contributed by atoms with E-state index in [2.05, 4.69) is 442 Å². The number of anilines is 2. The monoisotopic (exact) mass is 3410 g/mol. The largest absolute Gasteiger partial charge is 0.483 e. The number of fused-ring (bicyclic) bond motifs is 1. The second-order valence-electron chi connectivity index (χ2n) is 25.4. The Morgan fingerprint density at radius 2 is 0.533 bits per heavy atom. The van der Waals surface area contributed by atoms with Crippen molar-refractivity contribution in [2.45, 2.75) is 27.1 Å². The molecule has 8 aromatic rings. The smallest absolute Gasteiger partial charge is 0.188 e. The molecule has 5 aromatic carbocycles. The molecule has 1 N–H and O–H groups in total. The molecule has 3 aromatic heterocycles. The highest BCUT2D eigenvalue weighted by Crippen LogP contribution is 3.46. The number of hydrogen-bond acceptors (Lipinski definition) is 9. The van der Waals surface area contributed by atoms with Gasteiger partial charge >= 0.3 is 0 Å². The summed E-state index contributed by atoms with van der Waals surface area (Å²) in [5, 5.41) is 3.67. The molecule has 0 fully saturated rings. The Labute approximate surface area is 972 Å². The number of halogens is 1. The van der Waals surface area contributed by atoms with E-state index < -0.39 is 0 Å². The fourth-order valence-corrected chi connectivity index (χ4v) is 1150. The van der Waals surface area contributed by atoms with E-state index in [9.17, 15) is 0 Å². The first-order chi connectivity index (χ1) is 64.1. The normalized spacial score (nSPS) is 13.8. The minimum atomic E-state index is -0.154. The van der Waals surface area contributed by atoms with Crippen molar-refractivity contribution in [1.82, 2.24) is 24.9 Å². The summed E-state index contributed by atoms with van der Waals surface area (Å²) >= 11 is 6.20. The lowest BCUT2D eigenvalue weighted by atomic mass is 10.1. The second-order valence-corrected chi connectivity index (χ2v) is 368. The number of aryl methyl sites for hydroxylation is 2. The average molecular weight is 3410 g/mol. The first-order valence-electron chi connectivity index (χ1n) is 35.9. The zero-order valence-electron chi connectivity index (χ0n) is 72.4. The van der Waals surface area contributed by atoms with Gasteiger partial charge in [0.25, 0.3) is 0 Å². The highest BCUT2D eigenvalue weighted by molar-refractivity contribution is 9.52. The summed E-state index contributed by atoms with van der Waals surface area (Å²) in [5.41, 5.74) is 10.2. The van der Waals surface area contributed by atoms with Crippen LogP contribution in [0.2, 0.25) is 5.15 Å². The summed E-state index contributed by atoms with van der Waals surface area (Å²) < 4.78 is 17.6. The zero-order valence-corrected chi connectivity index (χ0v) is 160. The van der Waals surface area contributed by atoms with Crippen molar-refractivity contribution in [3.63, 3.8) is 0 Å². The van der Waals surface area contributed by atoms with Gasteiger partial charge in [-0.25, -0.2) is 24.9 Å². The second kappa shape index (κ2) is 85.1. The Morgan fingerprint density at radius 1 is 0.270 bits per heavy atom. The molecule has 0 aliphatic heterocycles. The van der Waals surface area contributed by atoms with Crippen LogP contribution < -0.4 is 14.8 Å². The molecule has 0 saturated carbocycles. The fraction of sp³-hybridized carbons (Fsp3) is 0.0930. The van der Waals surface area contributed by atoms with Crippen molar-refractivity contribution in [2.75, 3.05) is 5.32 Å². The summed E-state index contributed by atoms with van der Waals surface area (Å²) in [6.07, 6.45) is 4.43. The van der Waals surface area contributed by atoms with Crippen LogP contribution in [0.5, 0.6) is 11.5 Å². The third kappa shape index (κ3) is 53.9. The Balaban J connectivity index is 0.000000330. The molecule has 3 heterocycles. The van der Waals surface area contributed by atoms with Gasteiger partial charge in [0.2, 0.25) is 0 Å². The first kappa shape index (κ1) is 157. The summed E-state index contributed by atoms with van der Waals surface area (Å²) in [6.45, 7) is 0.515. The van der Waals surface area contributed by atoms with Crippen LogP contribution in [0.3, 0.4) is 0 Å². The van der Waals surface area contributed by atoms with E-state index in [1.54, 1.807) is 6.33 Å². The van der Waals surface area contributed by atoms with Crippen LogP contribution in [0.25, 0.3) is 33.6 Å². The lowest BCUT2D eigenvalue weighted by Gasteiger charge is -2.57. The molecular weight excluding hydrogens is 3290 g/mol. The van der Waals surface area contributed by atoms with E-state index in [1.807, 2.05) is 122 Å². The minimum Gasteiger partial charge on any atom is -0.483 e. The summed E-state index contributed by atoms with van der Waals surface area (Å²) in [5.74, 6) is 1.69. The topological polar surface area (TPSA) is 108 Å². The third-order valence-corrected chi connectivity index (χ3v) is 589. The molecular formula is C43H123ClN6O3P84. The molecule has 9 nitrogen and oxygen atoms in total. The fourth-order valence-electron chi connectivity index (χ4n) is 10.2. The van der Waals surface area contributed by atoms with Crippen molar-refractivity contribution < 1.29 is 13.9 Å². The number of oxazole rings is 1. The summed E-state index contributed by atoms with van der Waals surface area (Å²) in [6, 6.07) is 41.9. The number of benzene rings is 5. The highest BCUT2D eigenvalue weighted by Gasteiger charge is 2.59. The molecule has 0 bridgehead atoms. The molecule has 770 valence electrons. The number of rotatable bonds is 48. The molecule has 137 heavy (non-hydrogen) atoms. The number of nitrogens with zero attached hydrogens (tertiary/aromatic N) is 5. The zero-order chi connectivity index (χ0) is 104. The molecule has 48 unspecified atom stereocenters. The van der Waals surface area contributed by atoms with E-state index in [4.69, 9.17) is 25.5 Å². The van der Waals surface area contributed by atoms with Crippen molar-refractivity contribution in [2.24, 2.45) is 0 Å². The van der Waals surface area contributed by atoms with Crippen molar-refractivity contribution in [3.8, 4) is 34.0 Å². The predicted octanol–water partition coefficient (Wildman–Crippen LogP) is 59.4. The van der Waals surface area contributed by atoms with Crippen molar-refractivity contribution >= 4 is 707 Å². The maximum Gasteiger partial charge on any atom is 0.188 e. The Morgan fingerprint density at radius 3 is 0.832 bits per heavy atom. The van der Waals surface area contributed by atoms with E-state index in [-0.39, 0.29) is 279 Å². The molecule has 0 aliphatic rings. The summed E-state index contributed by atoms with van der Waals surface area (Å²) in [7, 11) is 150. The molecule has 94 heteroatoms. The van der Waals surface area contributed by atoms with Gasteiger partial charge in [-0.1, -0.05) is 132 Å². The standard InChI is InChI=1S/C25H20N4O2.C18H15ClN2O.H46P44.H42P40/c1-17-7-9-19(10-8-17)23-24(30-14-18-5-3-2-4-6-18)25(27-15-26-23)29-20-11-12-21-22(13-20)31-16-28-21;1-13-7-9-15(10-8-13)16-17(18(19)21-12-20-16)22-11-14-5-3-2-4-6-14;1-24(2)35(23)41(36(25(3)4)26(5)6)44(42(37(27(7)8)28(9)10)38(29(11)12)30(13)14)43(39(31(15)16)32(17)18)40(33(19)20)34(21)22;1-22(2)32(21)37(31(19)20)40(38(33(23(3)4)24(5)6)34(25(7)8)26(9)10)39(35(27(11)12)28(13)14)36(29(15)16)30(17)18/h2-13,15-16H,14H2,1H3,(H,26,27,29);2-10,12H,11H2,1H3;1-23H2;1-21H2. The SMILES string of the molecule is Cc1ccc(-c2ncnc(Cl)c2OCc2ccccc2)cc1.Cc1ccc(-c2ncnc(Nc3ccc4ncoc4c3)c2OCc2ccccc2)cc1.PP(P)P(P)P(P(P(P)P)P(P)P)P(P(P(P(P)P)P(P)P)P(P(P)P)P(P)P)P(P(P(P)P)P(P)P)P(P(P)P)P(P)P.PP(P)P(P)P(P(P)P)P(P(P(P(P)P)P(P)P)P(P(P)P)P(P)P)P(P(P(P)P)P(P)P)P(P(P)P)P(P)P. The van der Waals surface area contributed by atoms with Crippen LogP contribution in [0, 0.1) is 13.8 Å². The maximum atomic E-state index is 6.26. The molecule has 8 rings (SSSR count). The Kier molecular flexibility index (Phi) is 97.4. The Bertz CT molecular complexity index is 4480. The van der Waals surface area contributed by atoms with Crippen LogP contribution in [-0.2, 0) is 13.2 Å². The predicted molar refractivity (Wildman–Crippen MR) is 912 cm³/mol. The van der Waals surface area contributed by atoms with E-state index in [0.29, 0.717) is 47.0 Å². The first-order valence-corrected chi connectivity index (χ1v) is 188. The van der Waals surface area contributed by atoms with Crippen molar-refractivity contribution in [3.05, 3.63) is 174 Å². The third-order valence-electron chi connectivity index (χ3n) is 15.4. The lowest BCUT2D eigenvalue weighted by molar-refractivity contribution is 0.305. The van der Waals surface area contributed by atoms with Crippen LogP contribution in [0.4, 0.5) is 11.5 Å². The van der Waals surface area contributed by atoms with Gasteiger partial charge in [0.15, 0.2) is 34.4 Å². The molecule has 48 atom stereocenters. The molecule has 0 saturated heterocycles. The van der Waals surface area contributed by atoms with Gasteiger partial charge in [-0.2, -0.15) is 0 Å². The van der Waals surface area contributed by atoms with E-state index in [1.165, 1.54) is 23.8 Å². The van der Waals surface area contributed by atoms with E-state index in [0.717, 1.165) is 39.2 Å². The van der Waals surface area contributed by atoms with Gasteiger partial charge in [0, 0.05) is 22.9 Å². The van der Waals surface area contributed by atoms with Gasteiger partial charge in [-0.15, -0.1) is 393 Å². The lowest BCUT2D eigenvalue weighted by Crippen LogP contribution is -2.04. The van der Waals surface area contributed by atoms with Gasteiger partial charge in [-0.3, -0.25) is 0 Å². The van der Waals surface area contributed by atoms with Crippen LogP contribution in [0.1, 0.15) is 22.3 Å². The number of aromatic nitrogens is 5. The summed E-state index contributed by atoms with van der Waals surface area (Å²) in [4.78, 5) is 21.5. The number of ether oxygens (including phenoxy) is 2. The van der Waals surface area contributed by atoms with Crippen LogP contribution in [0.15, 0.2) is 151 Å². The Hall–Kier alpha value is 29.5. The van der Waals surface area contributed by atoms with Crippen LogP contribution >= 0.6 is 684 Å². The maximum absolute atomic E-state index is 6.26. The van der Waals surface area contributed by atoms with Crippen LogP contribution in [-0.4, -0.2) is 24.9 Å². The molecule has 0 amide bonds. The molecule has 0 spiro atoms. The molecule has 0 aliphatic carbocycles. The number of hydrogen-bond donors (Lipinski definition) is 1. The van der Waals surface area contributed by atoms with Gasteiger partial charge < -0.3 is 19.2 Å². The van der Waals surface area contributed by atoms with Crippen molar-refractivity contribution in [1.29, 1.82) is 0 Å². The highest BCUT2D eigenvalue weighted by atomic mass is 35.5. The minimum absolute atomic E-state index is 0.0490. The number of nitrogens with one attached hydrogen (secondary N) is 1. The van der Waals surface area contributed by atoms with Gasteiger partial charge in [-0.05, 0) is 317 Å². The average Bonchev–Trinajstić information content (AvgIpc) is 1.19. The quantitative estimate of drug-likeness (QED) is 0.0295. The van der Waals surface area contributed by atoms with Gasteiger partial charge in [0.05, 0.1) is 0 Å². The van der Waals surface area contributed by atoms with Gasteiger partial charge in [0.1, 0.15) is 42.8 Å². The molecule has 0 radical (unpaired) electrons. The van der Waals surface area contributed by atoms with E-state index >= 15 is 0 Å².